The Bertz CT molecular complexity index is 865. The number of rotatable bonds is 6. The topological polar surface area (TPSA) is 84.9 Å². The van der Waals surface area contributed by atoms with E-state index in [9.17, 15) is 14.4 Å². The van der Waals surface area contributed by atoms with Gasteiger partial charge in [-0.1, -0.05) is 18.2 Å². The van der Waals surface area contributed by atoms with E-state index < -0.39 is 18.5 Å². The number of amides is 2. The molecule has 7 heteroatoms. The molecule has 1 aliphatic rings. The van der Waals surface area contributed by atoms with Crippen molar-refractivity contribution in [2.24, 2.45) is 0 Å². The van der Waals surface area contributed by atoms with Gasteiger partial charge in [0.1, 0.15) is 5.75 Å². The molecule has 0 atom stereocenters. The molecule has 0 spiro atoms. The molecular formula is C20H20N2O5. The summed E-state index contributed by atoms with van der Waals surface area (Å²) in [5.41, 5.74) is 1.32. The molecule has 2 aromatic carbocycles. The van der Waals surface area contributed by atoms with Gasteiger partial charge in [0.05, 0.1) is 18.4 Å². The van der Waals surface area contributed by atoms with Crippen LogP contribution < -0.4 is 15.0 Å². The standard InChI is InChI=1S/C20H20N2O5/c1-26-15-7-4-6-14(12-15)21-18(23)13-27-20(25)16-8-2-3-9-17(16)22-11-5-10-19(22)24/h2-4,6-9,12H,5,10-11,13H2,1H3,(H,21,23). The summed E-state index contributed by atoms with van der Waals surface area (Å²) in [5, 5.41) is 2.64. The molecule has 0 saturated carbocycles. The lowest BCUT2D eigenvalue weighted by Gasteiger charge is -2.18. The molecule has 2 aromatic rings. The molecule has 0 bridgehead atoms. The maximum atomic E-state index is 12.4. The Balaban J connectivity index is 1.62. The predicted octanol–water partition coefficient (Wildman–Crippen LogP) is 2.62. The van der Waals surface area contributed by atoms with E-state index in [1.807, 2.05) is 0 Å². The van der Waals surface area contributed by atoms with Gasteiger partial charge >= 0.3 is 5.97 Å². The fourth-order valence-electron chi connectivity index (χ4n) is 2.89. The van der Waals surface area contributed by atoms with Crippen LogP contribution in [0, 0.1) is 0 Å². The van der Waals surface area contributed by atoms with Gasteiger partial charge in [0, 0.05) is 24.7 Å². The third-order valence-corrected chi connectivity index (χ3v) is 4.18. The van der Waals surface area contributed by atoms with Crippen LogP contribution in [-0.4, -0.2) is 38.0 Å². The third kappa shape index (κ3) is 4.44. The van der Waals surface area contributed by atoms with Gasteiger partial charge in [-0.05, 0) is 30.7 Å². The average Bonchev–Trinajstić information content (AvgIpc) is 3.12. The van der Waals surface area contributed by atoms with Crippen molar-refractivity contribution in [3.63, 3.8) is 0 Å². The summed E-state index contributed by atoms with van der Waals surface area (Å²) in [6.07, 6.45) is 1.22. The van der Waals surface area contributed by atoms with Gasteiger partial charge in [-0.25, -0.2) is 4.79 Å². The highest BCUT2D eigenvalue weighted by Crippen LogP contribution is 2.26. The van der Waals surface area contributed by atoms with E-state index in [2.05, 4.69) is 5.32 Å². The van der Waals surface area contributed by atoms with Gasteiger partial charge in [-0.3, -0.25) is 9.59 Å². The Kier molecular flexibility index (Phi) is 5.71. The number of benzene rings is 2. The first kappa shape index (κ1) is 18.4. The van der Waals surface area contributed by atoms with Crippen LogP contribution in [0.1, 0.15) is 23.2 Å². The van der Waals surface area contributed by atoms with E-state index in [1.165, 1.54) is 7.11 Å². The fourth-order valence-corrected chi connectivity index (χ4v) is 2.89. The minimum atomic E-state index is -0.647. The third-order valence-electron chi connectivity index (χ3n) is 4.18. The molecule has 140 valence electrons. The van der Waals surface area contributed by atoms with Crippen LogP contribution >= 0.6 is 0 Å². The highest BCUT2D eigenvalue weighted by molar-refractivity contribution is 6.04. The first-order chi connectivity index (χ1) is 13.1. The maximum absolute atomic E-state index is 12.4. The van der Waals surface area contributed by atoms with Gasteiger partial charge in [0.15, 0.2) is 6.61 Å². The largest absolute Gasteiger partial charge is 0.497 e. The van der Waals surface area contributed by atoms with Gasteiger partial charge in [-0.15, -0.1) is 0 Å². The van der Waals surface area contributed by atoms with Crippen LogP contribution in [0.2, 0.25) is 0 Å². The summed E-state index contributed by atoms with van der Waals surface area (Å²) in [4.78, 5) is 38.0. The van der Waals surface area contributed by atoms with E-state index in [4.69, 9.17) is 9.47 Å². The number of anilines is 2. The number of hydrogen-bond donors (Lipinski definition) is 1. The zero-order valence-corrected chi connectivity index (χ0v) is 14.9. The van der Waals surface area contributed by atoms with Crippen LogP contribution in [0.15, 0.2) is 48.5 Å². The molecular weight excluding hydrogens is 348 g/mol. The summed E-state index contributed by atoms with van der Waals surface area (Å²) >= 11 is 0. The first-order valence-electron chi connectivity index (χ1n) is 8.59. The lowest BCUT2D eigenvalue weighted by Crippen LogP contribution is -2.27. The Morgan fingerprint density at radius 1 is 1.15 bits per heavy atom. The van der Waals surface area contributed by atoms with Crippen molar-refractivity contribution in [1.82, 2.24) is 0 Å². The summed E-state index contributed by atoms with van der Waals surface area (Å²) in [6.45, 7) is 0.137. The van der Waals surface area contributed by atoms with E-state index >= 15 is 0 Å². The Morgan fingerprint density at radius 2 is 1.96 bits per heavy atom. The average molecular weight is 368 g/mol. The Morgan fingerprint density at radius 3 is 2.70 bits per heavy atom. The molecule has 1 aliphatic heterocycles. The molecule has 1 saturated heterocycles. The van der Waals surface area contributed by atoms with E-state index in [0.717, 1.165) is 6.42 Å². The monoisotopic (exact) mass is 368 g/mol. The highest BCUT2D eigenvalue weighted by Gasteiger charge is 2.26. The molecule has 0 unspecified atom stereocenters. The zero-order chi connectivity index (χ0) is 19.2. The summed E-state index contributed by atoms with van der Waals surface area (Å²) < 4.78 is 10.2. The highest BCUT2D eigenvalue weighted by atomic mass is 16.5. The van der Waals surface area contributed by atoms with Gasteiger partial charge in [-0.2, -0.15) is 0 Å². The molecule has 7 nitrogen and oxygen atoms in total. The van der Waals surface area contributed by atoms with E-state index in [-0.39, 0.29) is 11.5 Å². The van der Waals surface area contributed by atoms with Crippen molar-refractivity contribution in [3.8, 4) is 5.75 Å². The van der Waals surface area contributed by atoms with Crippen molar-refractivity contribution >= 4 is 29.2 Å². The number of esters is 1. The van der Waals surface area contributed by atoms with Gasteiger partial charge in [0.2, 0.25) is 5.91 Å². The van der Waals surface area contributed by atoms with Crippen LogP contribution in [0.4, 0.5) is 11.4 Å². The first-order valence-corrected chi connectivity index (χ1v) is 8.59. The molecule has 1 heterocycles. The summed E-state index contributed by atoms with van der Waals surface area (Å²) in [5.74, 6) is -0.530. The Labute approximate surface area is 156 Å². The van der Waals surface area contributed by atoms with Crippen molar-refractivity contribution < 1.29 is 23.9 Å². The molecule has 1 N–H and O–H groups in total. The second kappa shape index (κ2) is 8.35. The van der Waals surface area contributed by atoms with Crippen LogP contribution in [0.25, 0.3) is 0 Å². The summed E-state index contributed by atoms with van der Waals surface area (Å²) in [6, 6.07) is 13.6. The van der Waals surface area contributed by atoms with Crippen molar-refractivity contribution in [1.29, 1.82) is 0 Å². The number of nitrogens with zero attached hydrogens (tertiary/aromatic N) is 1. The van der Waals surface area contributed by atoms with Crippen LogP contribution in [-0.2, 0) is 14.3 Å². The molecule has 0 radical (unpaired) electrons. The van der Waals surface area contributed by atoms with Crippen LogP contribution in [0.3, 0.4) is 0 Å². The van der Waals surface area contributed by atoms with Crippen molar-refractivity contribution in [3.05, 3.63) is 54.1 Å². The molecule has 27 heavy (non-hydrogen) atoms. The fraction of sp³-hybridized carbons (Fsp3) is 0.250. The second-order valence-electron chi connectivity index (χ2n) is 6.02. The molecule has 3 rings (SSSR count). The zero-order valence-electron chi connectivity index (χ0n) is 14.9. The number of carbonyl (C=O) groups excluding carboxylic acids is 3. The molecule has 1 fully saturated rings. The van der Waals surface area contributed by atoms with E-state index in [1.54, 1.807) is 53.4 Å². The second-order valence-corrected chi connectivity index (χ2v) is 6.02. The van der Waals surface area contributed by atoms with Gasteiger partial charge in [0.25, 0.3) is 5.91 Å². The predicted molar refractivity (Wildman–Crippen MR) is 99.9 cm³/mol. The lowest BCUT2D eigenvalue weighted by molar-refractivity contribution is -0.119. The van der Waals surface area contributed by atoms with Crippen molar-refractivity contribution in [2.75, 3.05) is 30.5 Å². The lowest BCUT2D eigenvalue weighted by atomic mass is 10.1. The summed E-state index contributed by atoms with van der Waals surface area (Å²) in [7, 11) is 1.53. The minimum absolute atomic E-state index is 0.0222. The molecule has 2 amide bonds. The van der Waals surface area contributed by atoms with Crippen molar-refractivity contribution in [2.45, 2.75) is 12.8 Å². The number of nitrogens with one attached hydrogen (secondary N) is 1. The molecule has 0 aliphatic carbocycles. The van der Waals surface area contributed by atoms with Gasteiger partial charge < -0.3 is 19.7 Å². The number of methoxy groups -OCH3 is 1. The maximum Gasteiger partial charge on any atom is 0.340 e. The molecule has 0 aromatic heterocycles. The number of ether oxygens (including phenoxy) is 2. The number of hydrogen-bond acceptors (Lipinski definition) is 5. The normalized spacial score (nSPS) is 13.4. The number of carbonyl (C=O) groups is 3. The quantitative estimate of drug-likeness (QED) is 0.793. The van der Waals surface area contributed by atoms with Crippen LogP contribution in [0.5, 0.6) is 5.75 Å². The Hall–Kier alpha value is -3.35. The minimum Gasteiger partial charge on any atom is -0.497 e. The number of para-hydroxylation sites is 1. The SMILES string of the molecule is COc1cccc(NC(=O)COC(=O)c2ccccc2N2CCCC2=O)c1. The van der Waals surface area contributed by atoms with E-state index in [0.29, 0.717) is 30.1 Å². The smallest absolute Gasteiger partial charge is 0.340 e.